The van der Waals surface area contributed by atoms with Gasteiger partial charge in [0, 0.05) is 6.07 Å². The van der Waals surface area contributed by atoms with Gasteiger partial charge in [0.15, 0.2) is 11.6 Å². The van der Waals surface area contributed by atoms with Crippen molar-refractivity contribution in [2.24, 2.45) is 11.8 Å². The standard InChI is InChI=1S/C32H43F3O2/c1-3-5-30(36)25-14-12-23(13-15-25)28-19-18-27(31(34)32(28)35)22-9-6-21(7-10-22)8-11-24-16-17-26(37-4-2)20-29(24)33/h16-23,25,30,36H,3-15H2,1-2H3. The average Bonchev–Trinajstić information content (AvgIpc) is 2.91. The Hall–Kier alpha value is -2.01. The number of hydrogen-bond acceptors (Lipinski definition) is 2. The van der Waals surface area contributed by atoms with Crippen LogP contribution in [0.25, 0.3) is 0 Å². The van der Waals surface area contributed by atoms with Gasteiger partial charge in [-0.15, -0.1) is 0 Å². The largest absolute Gasteiger partial charge is 0.494 e. The summed E-state index contributed by atoms with van der Waals surface area (Å²) in [6, 6.07) is 8.74. The summed E-state index contributed by atoms with van der Waals surface area (Å²) >= 11 is 0. The SMILES string of the molecule is CCCC(O)C1CCC(c2ccc(C3CCC(CCc4ccc(OCC)cc4F)CC3)c(F)c2F)CC1. The van der Waals surface area contributed by atoms with E-state index >= 15 is 8.78 Å². The Morgan fingerprint density at radius 1 is 0.838 bits per heavy atom. The molecule has 2 saturated carbocycles. The van der Waals surface area contributed by atoms with E-state index < -0.39 is 11.6 Å². The molecule has 5 heteroatoms. The Morgan fingerprint density at radius 2 is 1.43 bits per heavy atom. The van der Waals surface area contributed by atoms with Crippen molar-refractivity contribution in [2.45, 2.75) is 109 Å². The molecular formula is C32H43F3O2. The van der Waals surface area contributed by atoms with Crippen LogP contribution in [0.3, 0.4) is 0 Å². The molecule has 2 aliphatic rings. The highest BCUT2D eigenvalue weighted by molar-refractivity contribution is 5.32. The molecule has 0 saturated heterocycles. The van der Waals surface area contributed by atoms with Gasteiger partial charge in [-0.25, -0.2) is 13.2 Å². The number of benzene rings is 2. The number of hydrogen-bond donors (Lipinski definition) is 1. The topological polar surface area (TPSA) is 29.5 Å². The van der Waals surface area contributed by atoms with Gasteiger partial charge >= 0.3 is 0 Å². The van der Waals surface area contributed by atoms with Crippen molar-refractivity contribution in [1.82, 2.24) is 0 Å². The van der Waals surface area contributed by atoms with Gasteiger partial charge in [0.05, 0.1) is 12.7 Å². The maximum atomic E-state index is 15.2. The van der Waals surface area contributed by atoms with E-state index in [2.05, 4.69) is 6.92 Å². The molecule has 0 aromatic heterocycles. The lowest BCUT2D eigenvalue weighted by atomic mass is 9.74. The molecule has 2 fully saturated rings. The first-order valence-electron chi connectivity index (χ1n) is 14.5. The Morgan fingerprint density at radius 3 is 1.97 bits per heavy atom. The van der Waals surface area contributed by atoms with Crippen molar-refractivity contribution < 1.29 is 23.0 Å². The Bertz CT molecular complexity index is 1010. The van der Waals surface area contributed by atoms with Gasteiger partial charge in [-0.3, -0.25) is 0 Å². The fourth-order valence-electron chi connectivity index (χ4n) is 6.67. The maximum Gasteiger partial charge on any atom is 0.162 e. The van der Waals surface area contributed by atoms with E-state index in [4.69, 9.17) is 4.74 Å². The molecule has 2 aromatic rings. The van der Waals surface area contributed by atoms with E-state index in [1.165, 1.54) is 6.07 Å². The minimum Gasteiger partial charge on any atom is -0.494 e. The first kappa shape index (κ1) is 28.0. The molecule has 1 N–H and O–H groups in total. The molecule has 2 aromatic carbocycles. The summed E-state index contributed by atoms with van der Waals surface area (Å²) in [6.07, 6.45) is 10.0. The van der Waals surface area contributed by atoms with Crippen LogP contribution >= 0.6 is 0 Å². The third-order valence-electron chi connectivity index (χ3n) is 8.93. The van der Waals surface area contributed by atoms with E-state index in [0.29, 0.717) is 41.4 Å². The number of rotatable bonds is 10. The molecule has 1 atom stereocenters. The lowest BCUT2D eigenvalue weighted by Gasteiger charge is -2.32. The highest BCUT2D eigenvalue weighted by Crippen LogP contribution is 2.42. The Kier molecular flexibility index (Phi) is 9.97. The molecule has 2 aliphatic carbocycles. The molecular weight excluding hydrogens is 473 g/mol. The van der Waals surface area contributed by atoms with E-state index in [9.17, 15) is 9.50 Å². The summed E-state index contributed by atoms with van der Waals surface area (Å²) in [7, 11) is 0. The van der Waals surface area contributed by atoms with Gasteiger partial charge in [0.1, 0.15) is 11.6 Å². The zero-order chi connectivity index (χ0) is 26.4. The minimum atomic E-state index is -0.664. The molecule has 0 heterocycles. The second-order valence-electron chi connectivity index (χ2n) is 11.3. The molecule has 1 unspecified atom stereocenters. The van der Waals surface area contributed by atoms with Crippen LogP contribution in [0.5, 0.6) is 5.75 Å². The van der Waals surface area contributed by atoms with Crippen molar-refractivity contribution in [3.05, 3.63) is 64.5 Å². The second-order valence-corrected chi connectivity index (χ2v) is 11.3. The minimum absolute atomic E-state index is 0.0346. The average molecular weight is 517 g/mol. The predicted molar refractivity (Wildman–Crippen MR) is 143 cm³/mol. The molecule has 0 amide bonds. The molecule has 2 nitrogen and oxygen atoms in total. The van der Waals surface area contributed by atoms with Crippen LogP contribution < -0.4 is 4.74 Å². The van der Waals surface area contributed by atoms with Crippen molar-refractivity contribution in [2.75, 3.05) is 6.61 Å². The zero-order valence-electron chi connectivity index (χ0n) is 22.5. The van der Waals surface area contributed by atoms with E-state index in [1.54, 1.807) is 0 Å². The number of ether oxygens (including phenoxy) is 1. The quantitative estimate of drug-likeness (QED) is 0.342. The molecule has 0 bridgehead atoms. The first-order valence-corrected chi connectivity index (χ1v) is 14.5. The second kappa shape index (κ2) is 13.2. The Labute approximate surface area is 220 Å². The van der Waals surface area contributed by atoms with Crippen LogP contribution in [0.15, 0.2) is 30.3 Å². The number of aliphatic hydroxyl groups is 1. The fraction of sp³-hybridized carbons (Fsp3) is 0.625. The van der Waals surface area contributed by atoms with Crippen molar-refractivity contribution in [3.63, 3.8) is 0 Å². The van der Waals surface area contributed by atoms with Gasteiger partial charge in [0.2, 0.25) is 0 Å². The van der Waals surface area contributed by atoms with Crippen LogP contribution in [-0.2, 0) is 6.42 Å². The van der Waals surface area contributed by atoms with Crippen LogP contribution in [0, 0.1) is 29.3 Å². The van der Waals surface area contributed by atoms with Gasteiger partial charge in [0.25, 0.3) is 0 Å². The summed E-state index contributed by atoms with van der Waals surface area (Å²) in [5.41, 5.74) is 1.74. The third-order valence-corrected chi connectivity index (χ3v) is 8.93. The molecule has 0 radical (unpaired) electrons. The van der Waals surface area contributed by atoms with Gasteiger partial charge in [-0.1, -0.05) is 31.5 Å². The number of aliphatic hydroxyl groups excluding tert-OH is 1. The molecule has 0 spiro atoms. The number of aryl methyl sites for hydroxylation is 1. The Balaban J connectivity index is 1.29. The van der Waals surface area contributed by atoms with Gasteiger partial charge in [-0.2, -0.15) is 0 Å². The van der Waals surface area contributed by atoms with Crippen LogP contribution in [0.4, 0.5) is 13.2 Å². The molecule has 0 aliphatic heterocycles. The van der Waals surface area contributed by atoms with Gasteiger partial charge < -0.3 is 9.84 Å². The summed E-state index contributed by atoms with van der Waals surface area (Å²) in [6.45, 7) is 4.47. The lowest BCUT2D eigenvalue weighted by molar-refractivity contribution is 0.0727. The molecule has 204 valence electrons. The summed E-state index contributed by atoms with van der Waals surface area (Å²) in [5, 5.41) is 10.3. The predicted octanol–water partition coefficient (Wildman–Crippen LogP) is 8.84. The number of halogens is 3. The smallest absolute Gasteiger partial charge is 0.162 e. The van der Waals surface area contributed by atoms with Crippen LogP contribution in [0.1, 0.15) is 113 Å². The summed E-state index contributed by atoms with van der Waals surface area (Å²) in [5.74, 6) is -0.147. The first-order chi connectivity index (χ1) is 17.9. The third kappa shape index (κ3) is 6.90. The zero-order valence-corrected chi connectivity index (χ0v) is 22.5. The van der Waals surface area contributed by atoms with E-state index in [0.717, 1.165) is 70.6 Å². The normalized spacial score (nSPS) is 25.1. The summed E-state index contributed by atoms with van der Waals surface area (Å²) in [4.78, 5) is 0. The summed E-state index contributed by atoms with van der Waals surface area (Å²) < 4.78 is 50.2. The van der Waals surface area contributed by atoms with E-state index in [1.807, 2.05) is 31.2 Å². The van der Waals surface area contributed by atoms with E-state index in [-0.39, 0.29) is 29.7 Å². The van der Waals surface area contributed by atoms with Crippen molar-refractivity contribution >= 4 is 0 Å². The van der Waals surface area contributed by atoms with Crippen LogP contribution in [0.2, 0.25) is 0 Å². The maximum absolute atomic E-state index is 15.2. The monoisotopic (exact) mass is 516 g/mol. The van der Waals surface area contributed by atoms with Gasteiger partial charge in [-0.05, 0) is 124 Å². The molecule has 4 rings (SSSR count). The fourth-order valence-corrected chi connectivity index (χ4v) is 6.67. The van der Waals surface area contributed by atoms with Crippen molar-refractivity contribution in [1.29, 1.82) is 0 Å². The highest BCUT2D eigenvalue weighted by atomic mass is 19.2. The molecule has 37 heavy (non-hydrogen) atoms. The highest BCUT2D eigenvalue weighted by Gasteiger charge is 2.31. The lowest BCUT2D eigenvalue weighted by Crippen LogP contribution is -2.25. The van der Waals surface area contributed by atoms with Crippen molar-refractivity contribution in [3.8, 4) is 5.75 Å². The van der Waals surface area contributed by atoms with Crippen LogP contribution in [-0.4, -0.2) is 17.8 Å².